The second-order valence-electron chi connectivity index (χ2n) is 4.88. The Balaban J connectivity index is 2.59. The second kappa shape index (κ2) is 7.04. The standard InChI is InChI=1S/C15H23NO2/c1-4-5-6-7-12(3)16-14-9-8-13(15(17)18)10-11(14)2/h8-10,12,16H,4-7H2,1-3H3,(H,17,18). The molecule has 3 nitrogen and oxygen atoms in total. The first-order valence-corrected chi connectivity index (χ1v) is 6.65. The van der Waals surface area contributed by atoms with Gasteiger partial charge in [-0.1, -0.05) is 26.2 Å². The molecular formula is C15H23NO2. The lowest BCUT2D eigenvalue weighted by Crippen LogP contribution is -2.15. The molecule has 2 N–H and O–H groups in total. The van der Waals surface area contributed by atoms with Crippen LogP contribution in [0, 0.1) is 6.92 Å². The SMILES string of the molecule is CCCCCC(C)Nc1ccc(C(=O)O)cc1C. The van der Waals surface area contributed by atoms with Crippen LogP contribution in [0.3, 0.4) is 0 Å². The van der Waals surface area contributed by atoms with Crippen molar-refractivity contribution in [1.82, 2.24) is 0 Å². The van der Waals surface area contributed by atoms with Gasteiger partial charge in [-0.25, -0.2) is 4.79 Å². The van der Waals surface area contributed by atoms with Crippen LogP contribution in [0.25, 0.3) is 0 Å². The average Bonchev–Trinajstić information content (AvgIpc) is 2.32. The van der Waals surface area contributed by atoms with Crippen molar-refractivity contribution in [3.8, 4) is 0 Å². The molecule has 3 heteroatoms. The Bertz CT molecular complexity index is 401. The highest BCUT2D eigenvalue weighted by molar-refractivity contribution is 5.88. The number of nitrogens with one attached hydrogen (secondary N) is 1. The van der Waals surface area contributed by atoms with Gasteiger partial charge < -0.3 is 10.4 Å². The highest BCUT2D eigenvalue weighted by Crippen LogP contribution is 2.19. The number of unbranched alkanes of at least 4 members (excludes halogenated alkanes) is 2. The maximum atomic E-state index is 10.8. The maximum absolute atomic E-state index is 10.8. The molecule has 0 aromatic heterocycles. The molecule has 100 valence electrons. The fourth-order valence-corrected chi connectivity index (χ4v) is 2.00. The van der Waals surface area contributed by atoms with Crippen molar-refractivity contribution in [3.05, 3.63) is 29.3 Å². The van der Waals surface area contributed by atoms with Gasteiger partial charge in [-0.05, 0) is 44.0 Å². The summed E-state index contributed by atoms with van der Waals surface area (Å²) in [5, 5.41) is 12.3. The van der Waals surface area contributed by atoms with Gasteiger partial charge >= 0.3 is 5.97 Å². The van der Waals surface area contributed by atoms with Crippen LogP contribution >= 0.6 is 0 Å². The first-order chi connectivity index (χ1) is 8.54. The third-order valence-corrected chi connectivity index (χ3v) is 3.12. The molecule has 0 aliphatic carbocycles. The predicted octanol–water partition coefficient (Wildman–Crippen LogP) is 4.07. The van der Waals surface area contributed by atoms with E-state index in [2.05, 4.69) is 19.2 Å². The van der Waals surface area contributed by atoms with Gasteiger partial charge in [-0.15, -0.1) is 0 Å². The van der Waals surface area contributed by atoms with E-state index in [1.807, 2.05) is 13.0 Å². The summed E-state index contributed by atoms with van der Waals surface area (Å²) in [6.07, 6.45) is 4.88. The minimum atomic E-state index is -0.874. The normalized spacial score (nSPS) is 12.2. The number of carboxylic acids is 1. The molecule has 0 bridgehead atoms. The zero-order valence-electron chi connectivity index (χ0n) is 11.5. The minimum Gasteiger partial charge on any atom is -0.478 e. The Hall–Kier alpha value is -1.51. The van der Waals surface area contributed by atoms with Crippen molar-refractivity contribution >= 4 is 11.7 Å². The van der Waals surface area contributed by atoms with Crippen molar-refractivity contribution < 1.29 is 9.90 Å². The summed E-state index contributed by atoms with van der Waals surface area (Å²) in [7, 11) is 0. The molecule has 1 aromatic carbocycles. The Kier molecular flexibility index (Phi) is 5.69. The van der Waals surface area contributed by atoms with Crippen molar-refractivity contribution in [2.24, 2.45) is 0 Å². The molecule has 0 radical (unpaired) electrons. The van der Waals surface area contributed by atoms with E-state index in [1.54, 1.807) is 12.1 Å². The fourth-order valence-electron chi connectivity index (χ4n) is 2.00. The van der Waals surface area contributed by atoms with Crippen molar-refractivity contribution in [2.75, 3.05) is 5.32 Å². The second-order valence-corrected chi connectivity index (χ2v) is 4.88. The lowest BCUT2D eigenvalue weighted by Gasteiger charge is -2.17. The van der Waals surface area contributed by atoms with E-state index in [-0.39, 0.29) is 0 Å². The minimum absolute atomic E-state index is 0.344. The first kappa shape index (κ1) is 14.6. The molecule has 1 rings (SSSR count). The maximum Gasteiger partial charge on any atom is 0.335 e. The van der Waals surface area contributed by atoms with E-state index in [9.17, 15) is 4.79 Å². The number of carbonyl (C=O) groups is 1. The molecule has 0 amide bonds. The van der Waals surface area contributed by atoms with E-state index >= 15 is 0 Å². The van der Waals surface area contributed by atoms with Crippen LogP contribution in [0.4, 0.5) is 5.69 Å². The molecule has 0 aliphatic rings. The van der Waals surface area contributed by atoms with E-state index in [1.165, 1.54) is 19.3 Å². The van der Waals surface area contributed by atoms with Gasteiger partial charge in [0.15, 0.2) is 0 Å². The van der Waals surface area contributed by atoms with Gasteiger partial charge in [0, 0.05) is 11.7 Å². The molecule has 0 saturated carbocycles. The van der Waals surface area contributed by atoms with E-state index in [0.717, 1.165) is 17.7 Å². The Morgan fingerprint density at radius 1 is 1.39 bits per heavy atom. The molecule has 1 unspecified atom stereocenters. The van der Waals surface area contributed by atoms with Gasteiger partial charge in [-0.3, -0.25) is 0 Å². The van der Waals surface area contributed by atoms with Crippen LogP contribution < -0.4 is 5.32 Å². The molecule has 0 aliphatic heterocycles. The summed E-state index contributed by atoms with van der Waals surface area (Å²) in [5.74, 6) is -0.874. The third-order valence-electron chi connectivity index (χ3n) is 3.12. The van der Waals surface area contributed by atoms with E-state index < -0.39 is 5.97 Å². The summed E-state index contributed by atoms with van der Waals surface area (Å²) in [5.41, 5.74) is 2.36. The Labute approximate surface area is 109 Å². The average molecular weight is 249 g/mol. The highest BCUT2D eigenvalue weighted by Gasteiger charge is 2.07. The first-order valence-electron chi connectivity index (χ1n) is 6.65. The van der Waals surface area contributed by atoms with Crippen molar-refractivity contribution in [1.29, 1.82) is 0 Å². The van der Waals surface area contributed by atoms with Crippen LogP contribution in [0.5, 0.6) is 0 Å². The van der Waals surface area contributed by atoms with Crippen LogP contribution in [0.15, 0.2) is 18.2 Å². The lowest BCUT2D eigenvalue weighted by molar-refractivity contribution is 0.0697. The predicted molar refractivity (Wildman–Crippen MR) is 75.4 cm³/mol. The topological polar surface area (TPSA) is 49.3 Å². The number of carboxylic acid groups (broad SMARTS) is 1. The molecule has 1 atom stereocenters. The fraction of sp³-hybridized carbons (Fsp3) is 0.533. The van der Waals surface area contributed by atoms with Crippen molar-refractivity contribution in [2.45, 2.75) is 52.5 Å². The van der Waals surface area contributed by atoms with Crippen LogP contribution in [0.2, 0.25) is 0 Å². The largest absolute Gasteiger partial charge is 0.478 e. The number of aryl methyl sites for hydroxylation is 1. The van der Waals surface area contributed by atoms with Crippen LogP contribution in [-0.4, -0.2) is 17.1 Å². The molecular weight excluding hydrogens is 226 g/mol. The Morgan fingerprint density at radius 3 is 2.67 bits per heavy atom. The van der Waals surface area contributed by atoms with Gasteiger partial charge in [-0.2, -0.15) is 0 Å². The summed E-state index contributed by atoms with van der Waals surface area (Å²) in [6.45, 7) is 6.31. The van der Waals surface area contributed by atoms with Crippen LogP contribution in [-0.2, 0) is 0 Å². The van der Waals surface area contributed by atoms with E-state index in [4.69, 9.17) is 5.11 Å². The molecule has 18 heavy (non-hydrogen) atoms. The zero-order chi connectivity index (χ0) is 13.5. The van der Waals surface area contributed by atoms with Gasteiger partial charge in [0.05, 0.1) is 5.56 Å². The van der Waals surface area contributed by atoms with Crippen molar-refractivity contribution in [3.63, 3.8) is 0 Å². The van der Waals surface area contributed by atoms with Crippen LogP contribution in [0.1, 0.15) is 55.5 Å². The summed E-state index contributed by atoms with van der Waals surface area (Å²) in [4.78, 5) is 10.8. The summed E-state index contributed by atoms with van der Waals surface area (Å²) < 4.78 is 0. The molecule has 1 aromatic rings. The quantitative estimate of drug-likeness (QED) is 0.716. The number of benzene rings is 1. The van der Waals surface area contributed by atoms with E-state index in [0.29, 0.717) is 11.6 Å². The molecule has 0 heterocycles. The third kappa shape index (κ3) is 4.40. The monoisotopic (exact) mass is 249 g/mol. The van der Waals surface area contributed by atoms with Gasteiger partial charge in [0.25, 0.3) is 0 Å². The van der Waals surface area contributed by atoms with Gasteiger partial charge in [0.2, 0.25) is 0 Å². The number of rotatable bonds is 7. The highest BCUT2D eigenvalue weighted by atomic mass is 16.4. The molecule has 0 fully saturated rings. The number of anilines is 1. The molecule has 0 saturated heterocycles. The smallest absolute Gasteiger partial charge is 0.335 e. The number of hydrogen-bond donors (Lipinski definition) is 2. The summed E-state index contributed by atoms with van der Waals surface area (Å²) >= 11 is 0. The zero-order valence-corrected chi connectivity index (χ0v) is 11.5. The molecule has 0 spiro atoms. The van der Waals surface area contributed by atoms with Gasteiger partial charge in [0.1, 0.15) is 0 Å². The lowest BCUT2D eigenvalue weighted by atomic mass is 10.1. The summed E-state index contributed by atoms with van der Waals surface area (Å²) in [6, 6.07) is 5.64. The number of aromatic carboxylic acids is 1. The Morgan fingerprint density at radius 2 is 2.11 bits per heavy atom. The number of hydrogen-bond acceptors (Lipinski definition) is 2.